The minimum atomic E-state index is 0.0551. The molecule has 62 valence electrons. The number of aryl methyl sites for hydroxylation is 1. The zero-order chi connectivity index (χ0) is 9.14. The van der Waals surface area contributed by atoms with Gasteiger partial charge >= 0.3 is 0 Å². The van der Waals surface area contributed by atoms with Crippen LogP contribution in [-0.4, -0.2) is 0 Å². The molecule has 0 saturated heterocycles. The van der Waals surface area contributed by atoms with E-state index in [0.29, 0.717) is 5.56 Å². The fraction of sp³-hybridized carbons (Fsp3) is 0.222. The van der Waals surface area contributed by atoms with Crippen LogP contribution in [0.15, 0.2) is 18.2 Å². The molecule has 0 N–H and O–H groups in total. The Bertz CT molecular complexity index is 326. The number of hydrogen-bond donors (Lipinski definition) is 0. The molecule has 0 fully saturated rings. The highest BCUT2D eigenvalue weighted by Gasteiger charge is 2.08. The number of benzene rings is 1. The van der Waals surface area contributed by atoms with Gasteiger partial charge in [-0.2, -0.15) is 5.26 Å². The van der Waals surface area contributed by atoms with Gasteiger partial charge in [0.25, 0.3) is 0 Å². The molecule has 0 saturated carbocycles. The van der Waals surface area contributed by atoms with Crippen molar-refractivity contribution in [3.8, 4) is 6.07 Å². The van der Waals surface area contributed by atoms with Gasteiger partial charge in [-0.1, -0.05) is 49.6 Å². The van der Waals surface area contributed by atoms with Crippen molar-refractivity contribution in [1.82, 2.24) is 0 Å². The number of alkyl halides is 2. The molecule has 0 aromatic heterocycles. The molecule has 0 aliphatic carbocycles. The van der Waals surface area contributed by atoms with Crippen molar-refractivity contribution in [3.63, 3.8) is 0 Å². The topological polar surface area (TPSA) is 23.8 Å². The van der Waals surface area contributed by atoms with Crippen molar-refractivity contribution in [1.29, 1.82) is 5.26 Å². The van der Waals surface area contributed by atoms with E-state index in [1.807, 2.05) is 25.1 Å². The Labute approximate surface area is 88.7 Å². The monoisotopic (exact) mass is 287 g/mol. The van der Waals surface area contributed by atoms with E-state index < -0.39 is 0 Å². The highest BCUT2D eigenvalue weighted by Crippen LogP contribution is 2.31. The fourth-order valence-electron chi connectivity index (χ4n) is 0.965. The summed E-state index contributed by atoms with van der Waals surface area (Å²) in [7, 11) is 0. The number of hydrogen-bond acceptors (Lipinski definition) is 1. The van der Waals surface area contributed by atoms with E-state index in [9.17, 15) is 0 Å². The number of nitriles is 1. The molecule has 0 spiro atoms. The molecule has 3 heteroatoms. The molecular formula is C9H7Br2N. The van der Waals surface area contributed by atoms with Gasteiger partial charge in [-0.15, -0.1) is 0 Å². The van der Waals surface area contributed by atoms with E-state index in [1.165, 1.54) is 0 Å². The van der Waals surface area contributed by atoms with E-state index in [4.69, 9.17) is 5.26 Å². The van der Waals surface area contributed by atoms with Gasteiger partial charge in [0.1, 0.15) is 0 Å². The van der Waals surface area contributed by atoms with Crippen molar-refractivity contribution >= 4 is 31.9 Å². The third-order valence-electron chi connectivity index (χ3n) is 1.56. The Morgan fingerprint density at radius 3 is 2.58 bits per heavy atom. The Kier molecular flexibility index (Phi) is 3.30. The zero-order valence-corrected chi connectivity index (χ0v) is 9.68. The Balaban J connectivity index is 3.24. The molecule has 0 aliphatic rings. The summed E-state index contributed by atoms with van der Waals surface area (Å²) in [6.07, 6.45) is 0. The molecule has 0 amide bonds. The van der Waals surface area contributed by atoms with Crippen molar-refractivity contribution in [2.75, 3.05) is 0 Å². The normalized spacial score (nSPS) is 9.92. The standard InChI is InChI=1S/C9H7Br2N/c1-6-2-3-7(5-12)8(4-6)9(10)11/h2-4,9H,1H3. The first-order valence-electron chi connectivity index (χ1n) is 3.44. The van der Waals surface area contributed by atoms with Gasteiger partial charge in [-0.25, -0.2) is 0 Å². The number of nitrogens with zero attached hydrogens (tertiary/aromatic N) is 1. The predicted molar refractivity (Wildman–Crippen MR) is 56.5 cm³/mol. The van der Waals surface area contributed by atoms with Gasteiger partial charge in [-0.05, 0) is 18.6 Å². The highest BCUT2D eigenvalue weighted by molar-refractivity contribution is 9.24. The molecule has 1 aromatic carbocycles. The third-order valence-corrected chi connectivity index (χ3v) is 2.55. The summed E-state index contributed by atoms with van der Waals surface area (Å²) < 4.78 is 0.0551. The summed E-state index contributed by atoms with van der Waals surface area (Å²) in [6.45, 7) is 2.01. The fourth-order valence-corrected chi connectivity index (χ4v) is 1.72. The molecule has 0 aliphatic heterocycles. The van der Waals surface area contributed by atoms with Crippen molar-refractivity contribution in [2.45, 2.75) is 10.7 Å². The lowest BCUT2D eigenvalue weighted by Gasteiger charge is -2.05. The minimum absolute atomic E-state index is 0.0551. The second-order valence-electron chi connectivity index (χ2n) is 2.50. The average molecular weight is 289 g/mol. The van der Waals surface area contributed by atoms with E-state index in [1.54, 1.807) is 0 Å². The van der Waals surface area contributed by atoms with E-state index in [2.05, 4.69) is 37.9 Å². The van der Waals surface area contributed by atoms with Crippen LogP contribution in [0.3, 0.4) is 0 Å². The maximum Gasteiger partial charge on any atom is 0.0995 e. The SMILES string of the molecule is Cc1ccc(C#N)c(C(Br)Br)c1. The second-order valence-corrected chi connectivity index (χ2v) is 5.56. The first-order chi connectivity index (χ1) is 5.65. The van der Waals surface area contributed by atoms with Crippen LogP contribution in [0.4, 0.5) is 0 Å². The molecular weight excluding hydrogens is 282 g/mol. The molecule has 0 heterocycles. The van der Waals surface area contributed by atoms with E-state index in [-0.39, 0.29) is 3.74 Å². The minimum Gasteiger partial charge on any atom is -0.192 e. The first-order valence-corrected chi connectivity index (χ1v) is 5.27. The van der Waals surface area contributed by atoms with E-state index >= 15 is 0 Å². The summed E-state index contributed by atoms with van der Waals surface area (Å²) in [5.74, 6) is 0. The molecule has 0 bridgehead atoms. The Hall–Kier alpha value is -0.330. The Morgan fingerprint density at radius 2 is 2.08 bits per heavy atom. The molecule has 1 rings (SSSR count). The van der Waals surface area contributed by atoms with Gasteiger partial charge in [0.2, 0.25) is 0 Å². The first kappa shape index (κ1) is 9.76. The molecule has 0 atom stereocenters. The summed E-state index contributed by atoms with van der Waals surface area (Å²) >= 11 is 6.75. The quantitative estimate of drug-likeness (QED) is 0.724. The van der Waals surface area contributed by atoms with Crippen LogP contribution in [0, 0.1) is 18.3 Å². The van der Waals surface area contributed by atoms with Crippen molar-refractivity contribution in [3.05, 3.63) is 34.9 Å². The molecule has 1 nitrogen and oxygen atoms in total. The summed E-state index contributed by atoms with van der Waals surface area (Å²) in [4.78, 5) is 0. The van der Waals surface area contributed by atoms with Crippen LogP contribution < -0.4 is 0 Å². The van der Waals surface area contributed by atoms with Crippen LogP contribution in [0.2, 0.25) is 0 Å². The van der Waals surface area contributed by atoms with Crippen LogP contribution in [0.1, 0.15) is 20.4 Å². The highest BCUT2D eigenvalue weighted by atomic mass is 79.9. The van der Waals surface area contributed by atoms with Crippen molar-refractivity contribution in [2.24, 2.45) is 0 Å². The largest absolute Gasteiger partial charge is 0.192 e. The molecule has 0 unspecified atom stereocenters. The predicted octanol–water partition coefficient (Wildman–Crippen LogP) is 3.66. The lowest BCUT2D eigenvalue weighted by molar-refractivity contribution is 1.32. The Morgan fingerprint density at radius 1 is 1.42 bits per heavy atom. The lowest BCUT2D eigenvalue weighted by atomic mass is 10.1. The second kappa shape index (κ2) is 4.06. The van der Waals surface area contributed by atoms with Gasteiger partial charge in [0, 0.05) is 0 Å². The smallest absolute Gasteiger partial charge is 0.0995 e. The average Bonchev–Trinajstić information content (AvgIpc) is 2.04. The van der Waals surface area contributed by atoms with Gasteiger partial charge in [0.15, 0.2) is 0 Å². The van der Waals surface area contributed by atoms with Gasteiger partial charge < -0.3 is 0 Å². The van der Waals surface area contributed by atoms with Gasteiger partial charge in [-0.3, -0.25) is 0 Å². The van der Waals surface area contributed by atoms with Crippen LogP contribution >= 0.6 is 31.9 Å². The van der Waals surface area contributed by atoms with Crippen LogP contribution in [0.25, 0.3) is 0 Å². The van der Waals surface area contributed by atoms with Crippen LogP contribution in [0.5, 0.6) is 0 Å². The summed E-state index contributed by atoms with van der Waals surface area (Å²) in [5.41, 5.74) is 2.85. The zero-order valence-electron chi connectivity index (χ0n) is 6.51. The van der Waals surface area contributed by atoms with Gasteiger partial charge in [0.05, 0.1) is 15.4 Å². The molecule has 12 heavy (non-hydrogen) atoms. The lowest BCUT2D eigenvalue weighted by Crippen LogP contribution is -1.88. The van der Waals surface area contributed by atoms with Crippen molar-refractivity contribution < 1.29 is 0 Å². The summed E-state index contributed by atoms with van der Waals surface area (Å²) in [6, 6.07) is 7.91. The summed E-state index contributed by atoms with van der Waals surface area (Å²) in [5, 5.41) is 8.77. The third kappa shape index (κ3) is 2.09. The maximum absolute atomic E-state index is 8.77. The number of rotatable bonds is 1. The number of halogens is 2. The molecule has 0 radical (unpaired) electrons. The van der Waals surface area contributed by atoms with Crippen LogP contribution in [-0.2, 0) is 0 Å². The maximum atomic E-state index is 8.77. The van der Waals surface area contributed by atoms with E-state index in [0.717, 1.165) is 11.1 Å². The molecule has 1 aromatic rings.